The number of anilines is 1. The topological polar surface area (TPSA) is 63.2 Å². The van der Waals surface area contributed by atoms with E-state index in [2.05, 4.69) is 11.2 Å². The van der Waals surface area contributed by atoms with E-state index in [0.29, 0.717) is 5.69 Å². The van der Waals surface area contributed by atoms with Gasteiger partial charge in [-0.15, -0.1) is 6.42 Å². The molecule has 0 radical (unpaired) electrons. The molecule has 0 fully saturated rings. The zero-order valence-electron chi connectivity index (χ0n) is 10.00. The van der Waals surface area contributed by atoms with E-state index >= 15 is 0 Å². The minimum atomic E-state index is -0.556. The fourth-order valence-electron chi connectivity index (χ4n) is 1.74. The summed E-state index contributed by atoms with van der Waals surface area (Å²) < 4.78 is 0. The van der Waals surface area contributed by atoms with Crippen molar-refractivity contribution < 1.29 is 14.4 Å². The van der Waals surface area contributed by atoms with Crippen molar-refractivity contribution in [2.75, 3.05) is 5.32 Å². The van der Waals surface area contributed by atoms with E-state index in [4.69, 9.17) is 29.6 Å². The second-order valence-electron chi connectivity index (χ2n) is 3.98. The lowest BCUT2D eigenvalue weighted by Crippen LogP contribution is -2.18. The van der Waals surface area contributed by atoms with Crippen molar-refractivity contribution in [3.63, 3.8) is 0 Å². The van der Waals surface area contributed by atoms with Crippen molar-refractivity contribution in [3.05, 3.63) is 39.4 Å². The highest BCUT2D eigenvalue weighted by atomic mass is 35.5. The third kappa shape index (κ3) is 2.46. The summed E-state index contributed by atoms with van der Waals surface area (Å²) in [5.41, 5.74) is 0.606. The molecule has 1 aromatic carbocycles. The Hall–Kier alpha value is -2.09. The molecule has 1 aromatic rings. The van der Waals surface area contributed by atoms with Gasteiger partial charge in [-0.1, -0.05) is 29.1 Å². The van der Waals surface area contributed by atoms with E-state index in [1.807, 2.05) is 0 Å². The zero-order chi connectivity index (χ0) is 14.9. The lowest BCUT2D eigenvalue weighted by atomic mass is 9.94. The molecular formula is C14H7Cl2NO3. The molecule has 20 heavy (non-hydrogen) atoms. The largest absolute Gasteiger partial charge is 0.325 e. The third-order valence-corrected chi connectivity index (χ3v) is 3.46. The summed E-state index contributed by atoms with van der Waals surface area (Å²) in [6, 6.07) is 4.27. The summed E-state index contributed by atoms with van der Waals surface area (Å²) in [5.74, 6) is 0.736. The van der Waals surface area contributed by atoms with Crippen molar-refractivity contribution in [1.29, 1.82) is 0 Å². The number of fused-ring (bicyclic) bond motifs is 1. The molecule has 6 heteroatoms. The van der Waals surface area contributed by atoms with Crippen LogP contribution in [0.2, 0.25) is 0 Å². The highest BCUT2D eigenvalue weighted by Crippen LogP contribution is 2.32. The fourth-order valence-corrected chi connectivity index (χ4v) is 2.12. The van der Waals surface area contributed by atoms with Crippen molar-refractivity contribution in [3.8, 4) is 12.3 Å². The van der Waals surface area contributed by atoms with Gasteiger partial charge in [0.05, 0.1) is 6.42 Å². The van der Waals surface area contributed by atoms with Crippen LogP contribution in [0.3, 0.4) is 0 Å². The standard InChI is InChI=1S/C14H7Cl2NO3/c1-2-3-10(18)17-7-4-5-8-9(6-7)14(20)12(16)11(15)13(8)19/h1,4-6H,3H2,(H,17,18). The molecule has 0 heterocycles. The lowest BCUT2D eigenvalue weighted by molar-refractivity contribution is -0.115. The molecule has 4 nitrogen and oxygen atoms in total. The van der Waals surface area contributed by atoms with Crippen LogP contribution in [0.15, 0.2) is 28.3 Å². The minimum Gasteiger partial charge on any atom is -0.325 e. The van der Waals surface area contributed by atoms with Crippen molar-refractivity contribution in [2.45, 2.75) is 6.42 Å². The Morgan fingerprint density at radius 2 is 1.75 bits per heavy atom. The number of halogens is 2. The van der Waals surface area contributed by atoms with Crippen molar-refractivity contribution >= 4 is 46.4 Å². The smallest absolute Gasteiger partial charge is 0.236 e. The maximum atomic E-state index is 12.0. The SMILES string of the molecule is C#CCC(=O)Nc1ccc2c(c1)C(=O)C(Cl)=C(Cl)C2=O. The highest BCUT2D eigenvalue weighted by molar-refractivity contribution is 6.59. The van der Waals surface area contributed by atoms with Crippen LogP contribution in [0.25, 0.3) is 0 Å². The Bertz CT molecular complexity index is 714. The van der Waals surface area contributed by atoms with Gasteiger partial charge in [0.25, 0.3) is 0 Å². The number of hydrogen-bond acceptors (Lipinski definition) is 3. The number of nitrogens with one attached hydrogen (secondary N) is 1. The van der Waals surface area contributed by atoms with Crippen LogP contribution in [-0.4, -0.2) is 17.5 Å². The van der Waals surface area contributed by atoms with Crippen LogP contribution in [0.1, 0.15) is 27.1 Å². The summed E-state index contributed by atoms with van der Waals surface area (Å²) in [6.07, 6.45) is 4.93. The average molecular weight is 308 g/mol. The molecule has 100 valence electrons. The summed E-state index contributed by atoms with van der Waals surface area (Å²) in [7, 11) is 0. The molecule has 0 aliphatic heterocycles. The quantitative estimate of drug-likeness (QED) is 0.854. The van der Waals surface area contributed by atoms with E-state index in [1.165, 1.54) is 18.2 Å². The van der Waals surface area contributed by atoms with E-state index in [1.54, 1.807) is 0 Å². The third-order valence-electron chi connectivity index (χ3n) is 2.65. The molecule has 1 amide bonds. The minimum absolute atomic E-state index is 0.0869. The van der Waals surface area contributed by atoms with Crippen molar-refractivity contribution in [1.82, 2.24) is 0 Å². The van der Waals surface area contributed by atoms with Gasteiger partial charge in [0.15, 0.2) is 0 Å². The number of amides is 1. The van der Waals surface area contributed by atoms with Crippen LogP contribution < -0.4 is 5.32 Å². The molecule has 0 atom stereocenters. The van der Waals surface area contributed by atoms with Gasteiger partial charge in [0.2, 0.25) is 17.5 Å². The molecule has 0 saturated carbocycles. The van der Waals surface area contributed by atoms with Gasteiger partial charge in [-0.3, -0.25) is 14.4 Å². The highest BCUT2D eigenvalue weighted by Gasteiger charge is 2.30. The van der Waals surface area contributed by atoms with Crippen LogP contribution >= 0.6 is 23.2 Å². The first-order chi connectivity index (χ1) is 9.45. The molecule has 0 saturated heterocycles. The number of benzene rings is 1. The summed E-state index contributed by atoms with van der Waals surface area (Å²) >= 11 is 11.4. The number of hydrogen-bond donors (Lipinski definition) is 1. The molecule has 1 aliphatic carbocycles. The number of Topliss-reactive ketones (excluding diaryl/α,β-unsaturated/α-hetero) is 2. The van der Waals surface area contributed by atoms with Crippen LogP contribution in [0, 0.1) is 12.3 Å². The number of ketones is 2. The number of carbonyl (C=O) groups is 3. The van der Waals surface area contributed by atoms with Crippen LogP contribution in [-0.2, 0) is 4.79 Å². The van der Waals surface area contributed by atoms with Gasteiger partial charge in [-0.25, -0.2) is 0 Å². The number of rotatable bonds is 2. The molecule has 0 spiro atoms. The average Bonchev–Trinajstić information content (AvgIpc) is 2.43. The molecule has 0 bridgehead atoms. The summed E-state index contributed by atoms with van der Waals surface area (Å²) in [5, 5.41) is 1.90. The monoisotopic (exact) mass is 307 g/mol. The van der Waals surface area contributed by atoms with E-state index in [-0.39, 0.29) is 33.5 Å². The van der Waals surface area contributed by atoms with Gasteiger partial charge < -0.3 is 5.32 Å². The second kappa shape index (κ2) is 5.49. The maximum Gasteiger partial charge on any atom is 0.236 e. The Kier molecular flexibility index (Phi) is 3.93. The predicted molar refractivity (Wildman–Crippen MR) is 75.9 cm³/mol. The first kappa shape index (κ1) is 14.3. The molecule has 0 unspecified atom stereocenters. The zero-order valence-corrected chi connectivity index (χ0v) is 11.5. The molecule has 1 aliphatic rings. The van der Waals surface area contributed by atoms with Gasteiger partial charge in [0, 0.05) is 16.8 Å². The second-order valence-corrected chi connectivity index (χ2v) is 4.73. The normalized spacial score (nSPS) is 13.8. The predicted octanol–water partition coefficient (Wildman–Crippen LogP) is 2.72. The first-order valence-electron chi connectivity index (χ1n) is 5.47. The summed E-state index contributed by atoms with van der Waals surface area (Å²) in [4.78, 5) is 35.2. The fraction of sp³-hybridized carbons (Fsp3) is 0.0714. The first-order valence-corrected chi connectivity index (χ1v) is 6.23. The summed E-state index contributed by atoms with van der Waals surface area (Å²) in [6.45, 7) is 0. The van der Waals surface area contributed by atoms with E-state index in [9.17, 15) is 14.4 Å². The van der Waals surface area contributed by atoms with Gasteiger partial charge in [-0.05, 0) is 18.2 Å². The number of carbonyl (C=O) groups excluding carboxylic acids is 3. The maximum absolute atomic E-state index is 12.0. The van der Waals surface area contributed by atoms with E-state index < -0.39 is 11.6 Å². The van der Waals surface area contributed by atoms with E-state index in [0.717, 1.165) is 0 Å². The number of allylic oxidation sites excluding steroid dienone is 2. The number of terminal acetylenes is 1. The van der Waals surface area contributed by atoms with Crippen LogP contribution in [0.5, 0.6) is 0 Å². The Morgan fingerprint density at radius 3 is 2.35 bits per heavy atom. The molecular weight excluding hydrogens is 301 g/mol. The molecule has 0 aromatic heterocycles. The molecule has 2 rings (SSSR count). The van der Waals surface area contributed by atoms with Crippen LogP contribution in [0.4, 0.5) is 5.69 Å². The Balaban J connectivity index is 2.40. The molecule has 1 N–H and O–H groups in total. The Labute approximate surface area is 124 Å². The Morgan fingerprint density at radius 1 is 1.15 bits per heavy atom. The van der Waals surface area contributed by atoms with Crippen molar-refractivity contribution in [2.24, 2.45) is 0 Å². The van der Waals surface area contributed by atoms with Gasteiger partial charge >= 0.3 is 0 Å². The van der Waals surface area contributed by atoms with Gasteiger partial charge in [-0.2, -0.15) is 0 Å². The lowest BCUT2D eigenvalue weighted by Gasteiger charge is -2.15. The van der Waals surface area contributed by atoms with Gasteiger partial charge in [0.1, 0.15) is 10.1 Å².